The molecular formula is C17H18F2N2O. The fourth-order valence-corrected chi connectivity index (χ4v) is 2.87. The molecule has 0 bridgehead atoms. The molecule has 1 saturated heterocycles. The van der Waals surface area contributed by atoms with Gasteiger partial charge in [0, 0.05) is 26.2 Å². The standard InChI is InChI=1S/C17H18F2N2O/c18-15-5-1-13(2-6-15)17(14-3-7-16(19)8-4-14)20-9-11-21(22)12-10-20/h1-8,17,22H,9-12H2. The van der Waals surface area contributed by atoms with E-state index in [1.807, 2.05) is 0 Å². The average Bonchev–Trinajstić information content (AvgIpc) is 2.53. The molecule has 2 aromatic carbocycles. The van der Waals surface area contributed by atoms with Gasteiger partial charge < -0.3 is 5.21 Å². The molecule has 1 heterocycles. The molecule has 0 radical (unpaired) electrons. The van der Waals surface area contributed by atoms with E-state index in [4.69, 9.17) is 0 Å². The van der Waals surface area contributed by atoms with E-state index >= 15 is 0 Å². The van der Waals surface area contributed by atoms with Crippen LogP contribution in [0.2, 0.25) is 0 Å². The summed E-state index contributed by atoms with van der Waals surface area (Å²) in [5, 5.41) is 10.8. The molecule has 0 amide bonds. The summed E-state index contributed by atoms with van der Waals surface area (Å²) < 4.78 is 26.4. The smallest absolute Gasteiger partial charge is 0.123 e. The minimum atomic E-state index is -0.276. The van der Waals surface area contributed by atoms with E-state index < -0.39 is 0 Å². The molecule has 0 saturated carbocycles. The van der Waals surface area contributed by atoms with E-state index in [1.165, 1.54) is 29.3 Å². The van der Waals surface area contributed by atoms with Crippen LogP contribution in [0.4, 0.5) is 8.78 Å². The van der Waals surface area contributed by atoms with Crippen molar-refractivity contribution in [3.8, 4) is 0 Å². The van der Waals surface area contributed by atoms with E-state index in [1.54, 1.807) is 24.3 Å². The van der Waals surface area contributed by atoms with Crippen molar-refractivity contribution in [1.29, 1.82) is 0 Å². The monoisotopic (exact) mass is 304 g/mol. The number of hydroxylamine groups is 2. The van der Waals surface area contributed by atoms with Crippen LogP contribution in [0.5, 0.6) is 0 Å². The Labute approximate surface area is 128 Å². The van der Waals surface area contributed by atoms with Gasteiger partial charge in [0.15, 0.2) is 0 Å². The fraction of sp³-hybridized carbons (Fsp3) is 0.294. The highest BCUT2D eigenvalue weighted by Crippen LogP contribution is 2.29. The number of nitrogens with zero attached hydrogens (tertiary/aromatic N) is 2. The quantitative estimate of drug-likeness (QED) is 0.944. The first kappa shape index (κ1) is 15.1. The summed E-state index contributed by atoms with van der Waals surface area (Å²) in [4.78, 5) is 2.22. The fourth-order valence-electron chi connectivity index (χ4n) is 2.87. The van der Waals surface area contributed by atoms with Crippen LogP contribution < -0.4 is 0 Å². The van der Waals surface area contributed by atoms with Crippen molar-refractivity contribution in [2.75, 3.05) is 26.2 Å². The first-order valence-corrected chi connectivity index (χ1v) is 7.32. The van der Waals surface area contributed by atoms with Gasteiger partial charge in [0.2, 0.25) is 0 Å². The SMILES string of the molecule is ON1CCN(C(c2ccc(F)cc2)c2ccc(F)cc2)CC1. The van der Waals surface area contributed by atoms with Gasteiger partial charge in [-0.1, -0.05) is 24.3 Å². The third-order valence-corrected chi connectivity index (χ3v) is 4.03. The molecule has 0 aliphatic carbocycles. The van der Waals surface area contributed by atoms with Gasteiger partial charge in [0.1, 0.15) is 11.6 Å². The van der Waals surface area contributed by atoms with Crippen LogP contribution >= 0.6 is 0 Å². The summed E-state index contributed by atoms with van der Waals surface area (Å²) in [5.41, 5.74) is 1.92. The van der Waals surface area contributed by atoms with Crippen LogP contribution in [-0.2, 0) is 0 Å². The van der Waals surface area contributed by atoms with Crippen molar-refractivity contribution in [3.63, 3.8) is 0 Å². The lowest BCUT2D eigenvalue weighted by Crippen LogP contribution is -2.46. The lowest BCUT2D eigenvalue weighted by atomic mass is 9.96. The highest BCUT2D eigenvalue weighted by Gasteiger charge is 2.26. The Bertz CT molecular complexity index is 562. The molecule has 0 unspecified atom stereocenters. The van der Waals surface area contributed by atoms with E-state index in [-0.39, 0.29) is 17.7 Å². The van der Waals surface area contributed by atoms with Crippen LogP contribution in [-0.4, -0.2) is 41.3 Å². The van der Waals surface area contributed by atoms with E-state index in [9.17, 15) is 14.0 Å². The Hall–Kier alpha value is -1.82. The second-order valence-corrected chi connectivity index (χ2v) is 5.50. The number of hydrogen-bond donors (Lipinski definition) is 1. The molecule has 0 atom stereocenters. The second-order valence-electron chi connectivity index (χ2n) is 5.50. The molecule has 5 heteroatoms. The molecule has 116 valence electrons. The summed E-state index contributed by atoms with van der Waals surface area (Å²) in [6, 6.07) is 12.7. The third-order valence-electron chi connectivity index (χ3n) is 4.03. The molecule has 1 aliphatic heterocycles. The third kappa shape index (κ3) is 3.32. The van der Waals surface area contributed by atoms with E-state index in [0.29, 0.717) is 26.2 Å². The van der Waals surface area contributed by atoms with Crippen molar-refractivity contribution >= 4 is 0 Å². The molecule has 0 spiro atoms. The van der Waals surface area contributed by atoms with Gasteiger partial charge in [-0.25, -0.2) is 8.78 Å². The highest BCUT2D eigenvalue weighted by atomic mass is 19.1. The summed E-state index contributed by atoms with van der Waals surface area (Å²) in [5.74, 6) is -0.552. The molecule has 2 aromatic rings. The lowest BCUT2D eigenvalue weighted by molar-refractivity contribution is -0.120. The Morgan fingerprint density at radius 2 is 1.14 bits per heavy atom. The minimum Gasteiger partial charge on any atom is -0.314 e. The first-order valence-electron chi connectivity index (χ1n) is 7.32. The number of halogens is 2. The number of piperazine rings is 1. The van der Waals surface area contributed by atoms with Crippen molar-refractivity contribution < 1.29 is 14.0 Å². The van der Waals surface area contributed by atoms with Crippen LogP contribution in [0, 0.1) is 11.6 Å². The largest absolute Gasteiger partial charge is 0.314 e. The van der Waals surface area contributed by atoms with Crippen molar-refractivity contribution in [3.05, 3.63) is 71.3 Å². The summed E-state index contributed by atoms with van der Waals surface area (Å²) in [6.45, 7) is 2.49. The lowest BCUT2D eigenvalue weighted by Gasteiger charge is -2.37. The topological polar surface area (TPSA) is 26.7 Å². The Balaban J connectivity index is 1.94. The predicted molar refractivity (Wildman–Crippen MR) is 79.6 cm³/mol. The maximum absolute atomic E-state index is 13.2. The van der Waals surface area contributed by atoms with Gasteiger partial charge in [-0.3, -0.25) is 4.90 Å². The molecule has 1 N–H and O–H groups in total. The molecule has 1 fully saturated rings. The van der Waals surface area contributed by atoms with Gasteiger partial charge in [0.25, 0.3) is 0 Å². The van der Waals surface area contributed by atoms with Crippen LogP contribution in [0.25, 0.3) is 0 Å². The maximum Gasteiger partial charge on any atom is 0.123 e. The average molecular weight is 304 g/mol. The normalized spacial score (nSPS) is 17.1. The minimum absolute atomic E-state index is 0.0742. The zero-order valence-corrected chi connectivity index (χ0v) is 12.1. The Kier molecular flexibility index (Phi) is 4.47. The van der Waals surface area contributed by atoms with Crippen LogP contribution in [0.1, 0.15) is 17.2 Å². The summed E-state index contributed by atoms with van der Waals surface area (Å²) >= 11 is 0. The molecule has 22 heavy (non-hydrogen) atoms. The molecule has 3 nitrogen and oxygen atoms in total. The van der Waals surface area contributed by atoms with Gasteiger partial charge in [-0.05, 0) is 35.4 Å². The molecule has 1 aliphatic rings. The summed E-state index contributed by atoms with van der Waals surface area (Å²) in [7, 11) is 0. The van der Waals surface area contributed by atoms with E-state index in [2.05, 4.69) is 4.90 Å². The zero-order valence-electron chi connectivity index (χ0n) is 12.1. The van der Waals surface area contributed by atoms with Gasteiger partial charge >= 0.3 is 0 Å². The Morgan fingerprint density at radius 1 is 0.727 bits per heavy atom. The van der Waals surface area contributed by atoms with Crippen molar-refractivity contribution in [2.45, 2.75) is 6.04 Å². The van der Waals surface area contributed by atoms with Gasteiger partial charge in [0.05, 0.1) is 6.04 Å². The van der Waals surface area contributed by atoms with Crippen LogP contribution in [0.3, 0.4) is 0 Å². The van der Waals surface area contributed by atoms with Crippen molar-refractivity contribution in [2.24, 2.45) is 0 Å². The zero-order chi connectivity index (χ0) is 15.5. The van der Waals surface area contributed by atoms with Gasteiger partial charge in [-0.15, -0.1) is 0 Å². The van der Waals surface area contributed by atoms with E-state index in [0.717, 1.165) is 11.1 Å². The Morgan fingerprint density at radius 3 is 1.55 bits per heavy atom. The highest BCUT2D eigenvalue weighted by molar-refractivity contribution is 5.32. The van der Waals surface area contributed by atoms with Crippen LogP contribution in [0.15, 0.2) is 48.5 Å². The first-order chi connectivity index (χ1) is 10.6. The molecule has 0 aromatic heterocycles. The maximum atomic E-state index is 13.2. The van der Waals surface area contributed by atoms with Crippen molar-refractivity contribution in [1.82, 2.24) is 9.96 Å². The molecule has 3 rings (SSSR count). The van der Waals surface area contributed by atoms with Gasteiger partial charge in [-0.2, -0.15) is 5.06 Å². The second kappa shape index (κ2) is 6.52. The molecular weight excluding hydrogens is 286 g/mol. The number of hydrogen-bond acceptors (Lipinski definition) is 3. The summed E-state index contributed by atoms with van der Waals surface area (Å²) in [6.07, 6.45) is 0. The number of rotatable bonds is 3. The predicted octanol–water partition coefficient (Wildman–Crippen LogP) is 3.06. The number of benzene rings is 2.